The molecule has 5 heteroatoms. The molecule has 0 saturated carbocycles. The van der Waals surface area contributed by atoms with Crippen molar-refractivity contribution >= 4 is 5.97 Å². The zero-order valence-electron chi connectivity index (χ0n) is 9.90. The van der Waals surface area contributed by atoms with Crippen molar-refractivity contribution in [3.05, 3.63) is 23.3 Å². The normalized spacial score (nSPS) is 10.1. The Morgan fingerprint density at radius 2 is 1.76 bits per heavy atom. The first-order valence-electron chi connectivity index (χ1n) is 5.18. The van der Waals surface area contributed by atoms with Gasteiger partial charge in [0.2, 0.25) is 0 Å². The van der Waals surface area contributed by atoms with Crippen molar-refractivity contribution < 1.29 is 24.5 Å². The second-order valence-electron chi connectivity index (χ2n) is 3.53. The molecule has 0 amide bonds. The molecular formula is C12H16O5. The third-order valence-electron chi connectivity index (χ3n) is 2.44. The van der Waals surface area contributed by atoms with Crippen LogP contribution >= 0.6 is 0 Å². The molecule has 0 saturated heterocycles. The van der Waals surface area contributed by atoms with Crippen molar-refractivity contribution in [2.75, 3.05) is 14.2 Å². The molecule has 0 bridgehead atoms. The number of hydrogen-bond acceptors (Lipinski definition) is 4. The number of benzene rings is 1. The Hall–Kier alpha value is -1.75. The Balaban J connectivity index is 3.10. The van der Waals surface area contributed by atoms with E-state index < -0.39 is 5.97 Å². The summed E-state index contributed by atoms with van der Waals surface area (Å²) in [6.45, 7) is -0.119. The van der Waals surface area contributed by atoms with E-state index in [1.807, 2.05) is 0 Å². The second kappa shape index (κ2) is 6.10. The molecule has 0 atom stereocenters. The largest absolute Gasteiger partial charge is 0.496 e. The minimum atomic E-state index is -0.875. The molecule has 0 aromatic heterocycles. The number of ether oxygens (including phenoxy) is 2. The smallest absolute Gasteiger partial charge is 0.303 e. The van der Waals surface area contributed by atoms with Gasteiger partial charge in [0.15, 0.2) is 0 Å². The highest BCUT2D eigenvalue weighted by molar-refractivity contribution is 5.67. The van der Waals surface area contributed by atoms with Crippen LogP contribution in [0.4, 0.5) is 0 Å². The van der Waals surface area contributed by atoms with E-state index in [0.717, 1.165) is 0 Å². The van der Waals surface area contributed by atoms with E-state index in [0.29, 0.717) is 29.0 Å². The highest BCUT2D eigenvalue weighted by Gasteiger charge is 2.13. The standard InChI is InChI=1S/C12H16O5/c1-16-10-5-8(7-13)6-11(17-2)9(10)3-4-12(14)15/h5-6,13H,3-4,7H2,1-2H3,(H,14,15). The molecule has 1 aromatic carbocycles. The van der Waals surface area contributed by atoms with Crippen molar-refractivity contribution in [2.24, 2.45) is 0 Å². The summed E-state index contributed by atoms with van der Waals surface area (Å²) in [5.41, 5.74) is 1.37. The van der Waals surface area contributed by atoms with Gasteiger partial charge in [0.25, 0.3) is 0 Å². The van der Waals surface area contributed by atoms with Crippen molar-refractivity contribution in [1.82, 2.24) is 0 Å². The van der Waals surface area contributed by atoms with Gasteiger partial charge in [-0.2, -0.15) is 0 Å². The Morgan fingerprint density at radius 1 is 1.24 bits per heavy atom. The fourth-order valence-corrected chi connectivity index (χ4v) is 1.61. The average molecular weight is 240 g/mol. The van der Waals surface area contributed by atoms with Crippen LogP contribution in [0.2, 0.25) is 0 Å². The van der Waals surface area contributed by atoms with Gasteiger partial charge in [-0.25, -0.2) is 0 Å². The zero-order chi connectivity index (χ0) is 12.8. The van der Waals surface area contributed by atoms with Gasteiger partial charge in [0.1, 0.15) is 11.5 Å². The van der Waals surface area contributed by atoms with Gasteiger partial charge < -0.3 is 19.7 Å². The summed E-state index contributed by atoms with van der Waals surface area (Å²) in [6, 6.07) is 3.36. The lowest BCUT2D eigenvalue weighted by Crippen LogP contribution is -2.03. The van der Waals surface area contributed by atoms with Gasteiger partial charge in [0, 0.05) is 12.0 Å². The SMILES string of the molecule is COc1cc(CO)cc(OC)c1CCC(=O)O. The van der Waals surface area contributed by atoms with Crippen molar-refractivity contribution in [2.45, 2.75) is 19.4 Å². The third kappa shape index (κ3) is 3.35. The number of aliphatic hydroxyl groups is 1. The molecule has 2 N–H and O–H groups in total. The van der Waals surface area contributed by atoms with Gasteiger partial charge in [0.05, 0.1) is 20.8 Å². The van der Waals surface area contributed by atoms with Crippen LogP contribution in [0.5, 0.6) is 11.5 Å². The number of carboxylic acid groups (broad SMARTS) is 1. The fraction of sp³-hybridized carbons (Fsp3) is 0.417. The molecule has 1 aromatic rings. The van der Waals surface area contributed by atoms with Gasteiger partial charge in [-0.3, -0.25) is 4.79 Å². The first kappa shape index (κ1) is 13.3. The van der Waals surface area contributed by atoms with E-state index in [-0.39, 0.29) is 13.0 Å². The molecule has 1 rings (SSSR count). The Labute approximate surface area is 99.6 Å². The van der Waals surface area contributed by atoms with E-state index in [2.05, 4.69) is 0 Å². The van der Waals surface area contributed by atoms with E-state index in [4.69, 9.17) is 19.7 Å². The molecular weight excluding hydrogens is 224 g/mol. The van der Waals surface area contributed by atoms with Crippen LogP contribution < -0.4 is 9.47 Å². The van der Waals surface area contributed by atoms with Crippen molar-refractivity contribution in [1.29, 1.82) is 0 Å². The van der Waals surface area contributed by atoms with E-state index >= 15 is 0 Å². The lowest BCUT2D eigenvalue weighted by Gasteiger charge is -2.14. The van der Waals surface area contributed by atoms with Gasteiger partial charge >= 0.3 is 5.97 Å². The number of carboxylic acids is 1. The molecule has 0 spiro atoms. The first-order chi connectivity index (χ1) is 8.12. The maximum absolute atomic E-state index is 10.6. The average Bonchev–Trinajstić information content (AvgIpc) is 2.34. The zero-order valence-corrected chi connectivity index (χ0v) is 9.90. The summed E-state index contributed by atoms with van der Waals surface area (Å²) in [5.74, 6) is 0.199. The summed E-state index contributed by atoms with van der Waals surface area (Å²) < 4.78 is 10.4. The molecule has 0 aliphatic rings. The monoisotopic (exact) mass is 240 g/mol. The predicted octanol–water partition coefficient (Wildman–Crippen LogP) is 1.21. The van der Waals surface area contributed by atoms with Gasteiger partial charge in [-0.05, 0) is 24.1 Å². The van der Waals surface area contributed by atoms with Crippen LogP contribution in [0.15, 0.2) is 12.1 Å². The van der Waals surface area contributed by atoms with Crippen molar-refractivity contribution in [3.8, 4) is 11.5 Å². The van der Waals surface area contributed by atoms with Crippen LogP contribution in [0.3, 0.4) is 0 Å². The Morgan fingerprint density at radius 3 is 2.12 bits per heavy atom. The number of aliphatic carboxylic acids is 1. The van der Waals surface area contributed by atoms with E-state index in [1.165, 1.54) is 14.2 Å². The Kier molecular flexibility index (Phi) is 4.78. The summed E-state index contributed by atoms with van der Waals surface area (Å²) in [7, 11) is 3.00. The molecule has 94 valence electrons. The number of aliphatic hydroxyl groups excluding tert-OH is 1. The minimum Gasteiger partial charge on any atom is -0.496 e. The highest BCUT2D eigenvalue weighted by atomic mass is 16.5. The lowest BCUT2D eigenvalue weighted by molar-refractivity contribution is -0.136. The first-order valence-corrected chi connectivity index (χ1v) is 5.18. The summed E-state index contributed by atoms with van der Waals surface area (Å²) in [6.07, 6.45) is 0.332. The number of rotatable bonds is 6. The molecule has 0 fully saturated rings. The van der Waals surface area contributed by atoms with Crippen LogP contribution in [0.1, 0.15) is 17.5 Å². The van der Waals surface area contributed by atoms with Crippen LogP contribution in [-0.2, 0) is 17.8 Å². The molecule has 0 aliphatic heterocycles. The topological polar surface area (TPSA) is 76.0 Å². The second-order valence-corrected chi connectivity index (χ2v) is 3.53. The van der Waals surface area contributed by atoms with Gasteiger partial charge in [-0.15, -0.1) is 0 Å². The fourth-order valence-electron chi connectivity index (χ4n) is 1.61. The lowest BCUT2D eigenvalue weighted by atomic mass is 10.0. The number of carbonyl (C=O) groups is 1. The van der Waals surface area contributed by atoms with Crippen molar-refractivity contribution in [3.63, 3.8) is 0 Å². The molecule has 17 heavy (non-hydrogen) atoms. The molecule has 0 unspecified atom stereocenters. The molecule has 5 nitrogen and oxygen atoms in total. The maximum Gasteiger partial charge on any atom is 0.303 e. The third-order valence-corrected chi connectivity index (χ3v) is 2.44. The van der Waals surface area contributed by atoms with Gasteiger partial charge in [-0.1, -0.05) is 0 Å². The van der Waals surface area contributed by atoms with E-state index in [1.54, 1.807) is 12.1 Å². The van der Waals surface area contributed by atoms with E-state index in [9.17, 15) is 4.79 Å². The Bertz CT molecular complexity index is 375. The maximum atomic E-state index is 10.6. The summed E-state index contributed by atoms with van der Waals surface area (Å²) >= 11 is 0. The minimum absolute atomic E-state index is 0.00515. The summed E-state index contributed by atoms with van der Waals surface area (Å²) in [5, 5.41) is 17.8. The highest BCUT2D eigenvalue weighted by Crippen LogP contribution is 2.31. The van der Waals surface area contributed by atoms with Crippen LogP contribution in [0, 0.1) is 0 Å². The van der Waals surface area contributed by atoms with Crippen LogP contribution in [-0.4, -0.2) is 30.4 Å². The van der Waals surface area contributed by atoms with Crippen LogP contribution in [0.25, 0.3) is 0 Å². The quantitative estimate of drug-likeness (QED) is 0.781. The molecule has 0 radical (unpaired) electrons. The number of methoxy groups -OCH3 is 2. The number of hydrogen-bond donors (Lipinski definition) is 2. The summed E-state index contributed by atoms with van der Waals surface area (Å²) in [4.78, 5) is 10.6. The molecule has 0 heterocycles. The molecule has 0 aliphatic carbocycles. The predicted molar refractivity (Wildman–Crippen MR) is 61.4 cm³/mol.